The first-order chi connectivity index (χ1) is 28.3. The molecule has 1 nitrogen and oxygen atoms in total. The van der Waals surface area contributed by atoms with Crippen LogP contribution in [0.15, 0.2) is 174 Å². The number of hydrogen-bond acceptors (Lipinski definition) is 1. The fourth-order valence-electron chi connectivity index (χ4n) is 6.91. The normalized spacial score (nSPS) is 15.4. The third-order valence-corrected chi connectivity index (χ3v) is 8.95. The van der Waals surface area contributed by atoms with E-state index in [1.54, 1.807) is 18.2 Å². The number of rotatable bonds is 3. The van der Waals surface area contributed by atoms with Gasteiger partial charge in [-0.05, 0) is 107 Å². The fraction of sp³-hybridized carbons (Fsp3) is 0. The van der Waals surface area contributed by atoms with Crippen molar-refractivity contribution in [1.82, 2.24) is 0 Å². The van der Waals surface area contributed by atoms with Gasteiger partial charge >= 0.3 is 0 Å². The van der Waals surface area contributed by atoms with Crippen molar-refractivity contribution < 1.29 is 20.9 Å². The fourth-order valence-corrected chi connectivity index (χ4v) is 6.91. The lowest BCUT2D eigenvalue weighted by Crippen LogP contribution is -1.92. The summed E-state index contributed by atoms with van der Waals surface area (Å²) >= 11 is 0. The predicted octanol–water partition coefficient (Wildman–Crippen LogP) is 13.2. The van der Waals surface area contributed by atoms with E-state index in [1.165, 1.54) is 0 Å². The van der Waals surface area contributed by atoms with Crippen LogP contribution in [0.25, 0.3) is 98.4 Å². The molecule has 0 aliphatic heterocycles. The number of fused-ring (bicyclic) bond motifs is 7. The molecule has 0 N–H and O–H groups in total. The molecule has 0 amide bonds. The Hall–Kier alpha value is -6.18. The van der Waals surface area contributed by atoms with Gasteiger partial charge in [-0.1, -0.05) is 139 Å². The molecule has 0 unspecified atom stereocenters. The van der Waals surface area contributed by atoms with E-state index in [2.05, 4.69) is 6.07 Å². The summed E-state index contributed by atoms with van der Waals surface area (Å²) in [7, 11) is 0. The van der Waals surface area contributed by atoms with Crippen molar-refractivity contribution in [2.24, 2.45) is 0 Å². The Kier molecular flexibility index (Phi) is 3.66. The summed E-state index contributed by atoms with van der Waals surface area (Å²) in [4.78, 5) is 0. The Morgan fingerprint density at radius 1 is 0.404 bits per heavy atom. The van der Waals surface area contributed by atoms with Crippen LogP contribution in [-0.2, 0) is 0 Å². The first-order valence-corrected chi connectivity index (χ1v) is 15.2. The molecule has 0 fully saturated rings. The maximum atomic E-state index is 9.60. The topological polar surface area (TPSA) is 13.1 Å². The monoisotopic (exact) mass is 608 g/mol. The molecule has 0 atom stereocenters. The number of hydrogen-bond donors (Lipinski definition) is 0. The lowest BCUT2D eigenvalue weighted by molar-refractivity contribution is 0.669. The molecule has 0 bridgehead atoms. The smallest absolute Gasteiger partial charge is 0.136 e. The SMILES string of the molecule is [2H]c1c([2H])c([2H])c(-c2ccc3c(-c4cccc5oc6cc7ccccc7cc6c45)c4ccccc4c(-c4c([2H])c([2H])c5c([2H])c([2H])c([2H])c([2H])c5c4[2H])c3c2)c([2H])c1[2H]. The van der Waals surface area contributed by atoms with Crippen LogP contribution in [-0.4, -0.2) is 0 Å². The van der Waals surface area contributed by atoms with E-state index in [9.17, 15) is 2.74 Å². The predicted molar refractivity (Wildman–Crippen MR) is 200 cm³/mol. The summed E-state index contributed by atoms with van der Waals surface area (Å²) in [6.07, 6.45) is 0. The van der Waals surface area contributed by atoms with Crippen LogP contribution in [0.5, 0.6) is 0 Å². The molecule has 10 rings (SSSR count). The molecule has 0 spiro atoms. The Morgan fingerprint density at radius 3 is 1.98 bits per heavy atom. The first kappa shape index (κ1) is 16.9. The van der Waals surface area contributed by atoms with Crippen LogP contribution in [0, 0.1) is 0 Å². The maximum Gasteiger partial charge on any atom is 0.136 e. The van der Waals surface area contributed by atoms with Crippen LogP contribution in [0.1, 0.15) is 16.4 Å². The van der Waals surface area contributed by atoms with Gasteiger partial charge in [0.25, 0.3) is 0 Å². The maximum absolute atomic E-state index is 9.60. The van der Waals surface area contributed by atoms with Gasteiger partial charge in [0.15, 0.2) is 0 Å². The minimum Gasteiger partial charge on any atom is -0.456 e. The summed E-state index contributed by atoms with van der Waals surface area (Å²) in [5, 5.41) is 5.68. The van der Waals surface area contributed by atoms with Gasteiger partial charge in [0, 0.05) is 10.8 Å². The molecule has 1 heteroatoms. The zero-order valence-electron chi connectivity index (χ0n) is 36.6. The van der Waals surface area contributed by atoms with E-state index in [-0.39, 0.29) is 33.5 Å². The van der Waals surface area contributed by atoms with Crippen molar-refractivity contribution in [1.29, 1.82) is 0 Å². The molecule has 9 aromatic carbocycles. The second kappa shape index (κ2) is 10.2. The molecular weight excluding hydrogens is 569 g/mol. The van der Waals surface area contributed by atoms with Crippen LogP contribution in [0.2, 0.25) is 0 Å². The van der Waals surface area contributed by atoms with E-state index < -0.39 is 66.5 Å². The van der Waals surface area contributed by atoms with E-state index in [0.29, 0.717) is 38.3 Å². The molecular formula is C46H28O. The van der Waals surface area contributed by atoms with Crippen LogP contribution in [0.4, 0.5) is 0 Å². The Balaban J connectivity index is 1.42. The van der Waals surface area contributed by atoms with Crippen molar-refractivity contribution in [3.8, 4) is 33.4 Å². The summed E-state index contributed by atoms with van der Waals surface area (Å²) in [6.45, 7) is 0. The average Bonchev–Trinajstić information content (AvgIpc) is 3.61. The van der Waals surface area contributed by atoms with Crippen LogP contribution >= 0.6 is 0 Å². The van der Waals surface area contributed by atoms with Crippen molar-refractivity contribution in [2.75, 3.05) is 0 Å². The summed E-state index contributed by atoms with van der Waals surface area (Å²) in [6, 6.07) is 24.8. The third-order valence-electron chi connectivity index (χ3n) is 8.95. The van der Waals surface area contributed by atoms with Crippen LogP contribution < -0.4 is 0 Å². The molecule has 1 aromatic heterocycles. The van der Waals surface area contributed by atoms with Gasteiger partial charge in [-0.2, -0.15) is 0 Å². The van der Waals surface area contributed by atoms with Crippen LogP contribution in [0.3, 0.4) is 0 Å². The Bertz CT molecular complexity index is 3510. The molecule has 0 aliphatic rings. The van der Waals surface area contributed by atoms with Crippen molar-refractivity contribution in [3.63, 3.8) is 0 Å². The second-order valence-corrected chi connectivity index (χ2v) is 11.5. The van der Waals surface area contributed by atoms with Gasteiger partial charge in [0.05, 0.1) is 16.4 Å². The largest absolute Gasteiger partial charge is 0.456 e. The van der Waals surface area contributed by atoms with E-state index in [1.807, 2.05) is 72.8 Å². The molecule has 10 aromatic rings. The zero-order valence-corrected chi connectivity index (χ0v) is 24.6. The molecule has 0 radical (unpaired) electrons. The Labute approximate surface area is 288 Å². The van der Waals surface area contributed by atoms with Gasteiger partial charge in [-0.15, -0.1) is 0 Å². The summed E-state index contributed by atoms with van der Waals surface area (Å²) in [5.74, 6) is 0. The van der Waals surface area contributed by atoms with Gasteiger partial charge in [-0.3, -0.25) is 0 Å². The molecule has 1 heterocycles. The van der Waals surface area contributed by atoms with Gasteiger partial charge < -0.3 is 4.42 Å². The first-order valence-electron chi connectivity index (χ1n) is 21.2. The molecule has 0 saturated carbocycles. The molecule has 0 aliphatic carbocycles. The third kappa shape index (κ3) is 4.03. The highest BCUT2D eigenvalue weighted by Gasteiger charge is 2.21. The van der Waals surface area contributed by atoms with E-state index in [0.717, 1.165) is 32.7 Å². The van der Waals surface area contributed by atoms with Gasteiger partial charge in [0.1, 0.15) is 11.2 Å². The molecule has 218 valence electrons. The average molecular weight is 609 g/mol. The van der Waals surface area contributed by atoms with E-state index >= 15 is 0 Å². The highest BCUT2D eigenvalue weighted by atomic mass is 16.3. The lowest BCUT2D eigenvalue weighted by Gasteiger charge is -2.19. The minimum atomic E-state index is -0.569. The number of furan rings is 1. The van der Waals surface area contributed by atoms with Gasteiger partial charge in [-0.25, -0.2) is 0 Å². The van der Waals surface area contributed by atoms with Crippen molar-refractivity contribution in [3.05, 3.63) is 170 Å². The quantitative estimate of drug-likeness (QED) is 0.182. The molecule has 47 heavy (non-hydrogen) atoms. The zero-order chi connectivity index (χ0) is 41.3. The number of benzene rings is 9. The Morgan fingerprint density at radius 2 is 1.13 bits per heavy atom. The van der Waals surface area contributed by atoms with Gasteiger partial charge in [0.2, 0.25) is 0 Å². The molecule has 0 saturated heterocycles. The summed E-state index contributed by atoms with van der Waals surface area (Å²) in [5.41, 5.74) is 3.43. The highest BCUT2D eigenvalue weighted by molar-refractivity contribution is 6.26. The van der Waals surface area contributed by atoms with Crippen molar-refractivity contribution in [2.45, 2.75) is 0 Å². The standard InChI is InChI=1S/C46H28O/c1-2-11-29(12-3-1)34-23-24-38-40(26-34)44(35-22-21-30-13-4-5-14-31(30)25-35)36-17-8-9-18-37(36)45(38)39-19-10-20-42-46(39)41-27-32-15-6-7-16-33(32)28-43(41)47-42/h1-28H/i1D,2D,3D,4D,5D,11D,12D,13D,14D,21D,22D,25D. The second-order valence-electron chi connectivity index (χ2n) is 11.5. The minimum absolute atomic E-state index is 0.0423. The lowest BCUT2D eigenvalue weighted by atomic mass is 9.83. The van der Waals surface area contributed by atoms with Crippen molar-refractivity contribution >= 4 is 65.0 Å². The van der Waals surface area contributed by atoms with E-state index in [4.69, 9.17) is 18.1 Å². The highest BCUT2D eigenvalue weighted by Crippen LogP contribution is 2.48. The summed E-state index contributed by atoms with van der Waals surface area (Å²) < 4.78 is 112.